The summed E-state index contributed by atoms with van der Waals surface area (Å²) in [6.07, 6.45) is 0. The SMILES string of the molecule is Cc1nonc1Cn1nc2nc(C(C)(C)C)nc(N3CC(F)(F)C(F)(F)C3)c2n1. The van der Waals surface area contributed by atoms with Gasteiger partial charge in [0.15, 0.2) is 11.3 Å². The zero-order valence-corrected chi connectivity index (χ0v) is 16.1. The molecule has 3 aromatic rings. The molecule has 29 heavy (non-hydrogen) atoms. The van der Waals surface area contributed by atoms with Crippen molar-refractivity contribution in [3.63, 3.8) is 0 Å². The van der Waals surface area contributed by atoms with Gasteiger partial charge in [0.1, 0.15) is 23.8 Å². The van der Waals surface area contributed by atoms with E-state index in [1.54, 1.807) is 6.92 Å². The Kier molecular flexibility index (Phi) is 4.07. The molecule has 1 aliphatic heterocycles. The highest BCUT2D eigenvalue weighted by atomic mass is 19.3. The van der Waals surface area contributed by atoms with Crippen molar-refractivity contribution in [2.45, 2.75) is 51.5 Å². The van der Waals surface area contributed by atoms with E-state index in [1.165, 1.54) is 4.80 Å². The Hall–Kier alpha value is -2.86. The molecule has 1 fully saturated rings. The Labute approximate surface area is 162 Å². The monoisotopic (exact) mass is 414 g/mol. The minimum Gasteiger partial charge on any atom is -0.342 e. The maximum absolute atomic E-state index is 13.8. The topological polar surface area (TPSA) is 98.6 Å². The van der Waals surface area contributed by atoms with Gasteiger partial charge in [-0.15, -0.1) is 10.2 Å². The van der Waals surface area contributed by atoms with E-state index >= 15 is 0 Å². The van der Waals surface area contributed by atoms with Crippen LogP contribution in [-0.4, -0.2) is 60.2 Å². The highest BCUT2D eigenvalue weighted by molar-refractivity contribution is 5.83. The molecule has 0 aromatic carbocycles. The van der Waals surface area contributed by atoms with Crippen LogP contribution in [0.25, 0.3) is 11.2 Å². The molecule has 156 valence electrons. The summed E-state index contributed by atoms with van der Waals surface area (Å²) in [6, 6.07) is 0. The van der Waals surface area contributed by atoms with Gasteiger partial charge in [0.25, 0.3) is 0 Å². The fourth-order valence-corrected chi connectivity index (χ4v) is 2.91. The third kappa shape index (κ3) is 3.27. The quantitative estimate of drug-likeness (QED) is 0.603. The number of alkyl halides is 4. The van der Waals surface area contributed by atoms with Gasteiger partial charge in [-0.05, 0) is 6.92 Å². The molecular formula is C16H18F4N8O. The van der Waals surface area contributed by atoms with Gasteiger partial charge in [0.2, 0.25) is 5.65 Å². The molecule has 0 N–H and O–H groups in total. The van der Waals surface area contributed by atoms with Crippen LogP contribution < -0.4 is 4.90 Å². The highest BCUT2D eigenvalue weighted by Gasteiger charge is 2.63. The van der Waals surface area contributed by atoms with Gasteiger partial charge in [0, 0.05) is 5.41 Å². The minimum absolute atomic E-state index is 0.0561. The number of fused-ring (bicyclic) bond motifs is 1. The first-order valence-electron chi connectivity index (χ1n) is 8.79. The highest BCUT2D eigenvalue weighted by Crippen LogP contribution is 2.43. The number of hydrogen-bond acceptors (Lipinski definition) is 8. The van der Waals surface area contributed by atoms with Gasteiger partial charge in [0.05, 0.1) is 13.1 Å². The van der Waals surface area contributed by atoms with E-state index in [0.29, 0.717) is 11.4 Å². The number of aryl methyl sites for hydroxylation is 1. The average Bonchev–Trinajstić information content (AvgIpc) is 3.23. The number of rotatable bonds is 3. The molecule has 9 nitrogen and oxygen atoms in total. The maximum Gasteiger partial charge on any atom is 0.329 e. The van der Waals surface area contributed by atoms with Gasteiger partial charge < -0.3 is 4.90 Å². The predicted molar refractivity (Wildman–Crippen MR) is 92.1 cm³/mol. The van der Waals surface area contributed by atoms with Crippen LogP contribution in [0.15, 0.2) is 4.63 Å². The molecule has 0 aliphatic carbocycles. The lowest BCUT2D eigenvalue weighted by Crippen LogP contribution is -2.38. The molecular weight excluding hydrogens is 396 g/mol. The summed E-state index contributed by atoms with van der Waals surface area (Å²) in [5.74, 6) is -8.17. The van der Waals surface area contributed by atoms with Crippen molar-refractivity contribution in [1.82, 2.24) is 35.3 Å². The molecule has 0 saturated carbocycles. The van der Waals surface area contributed by atoms with E-state index in [2.05, 4.69) is 35.1 Å². The van der Waals surface area contributed by atoms with E-state index in [4.69, 9.17) is 0 Å². The lowest BCUT2D eigenvalue weighted by Gasteiger charge is -2.21. The number of hydrogen-bond donors (Lipinski definition) is 0. The maximum atomic E-state index is 13.8. The fourth-order valence-electron chi connectivity index (χ4n) is 2.91. The second-order valence-electron chi connectivity index (χ2n) is 8.08. The first-order valence-corrected chi connectivity index (χ1v) is 8.79. The summed E-state index contributed by atoms with van der Waals surface area (Å²) >= 11 is 0. The van der Waals surface area contributed by atoms with E-state index < -0.39 is 30.3 Å². The largest absolute Gasteiger partial charge is 0.342 e. The summed E-state index contributed by atoms with van der Waals surface area (Å²) in [4.78, 5) is 10.7. The van der Waals surface area contributed by atoms with Crippen molar-refractivity contribution in [2.75, 3.05) is 18.0 Å². The standard InChI is InChI=1S/C16H18F4N8O/c1-8-9(26-29-25-8)5-28-23-10-11(24-28)21-13(14(2,3)4)22-12(10)27-6-15(17,18)16(19,20)7-27/h5-7H2,1-4H3. The number of anilines is 1. The van der Waals surface area contributed by atoms with Crippen LogP contribution in [0.5, 0.6) is 0 Å². The van der Waals surface area contributed by atoms with Gasteiger partial charge in [-0.3, -0.25) is 0 Å². The third-order valence-electron chi connectivity index (χ3n) is 4.59. The van der Waals surface area contributed by atoms with Crippen molar-refractivity contribution in [3.05, 3.63) is 17.2 Å². The molecule has 0 amide bonds. The Morgan fingerprint density at radius 3 is 2.21 bits per heavy atom. The van der Waals surface area contributed by atoms with Gasteiger partial charge in [-0.25, -0.2) is 14.6 Å². The zero-order valence-electron chi connectivity index (χ0n) is 16.1. The van der Waals surface area contributed by atoms with E-state index in [1.807, 2.05) is 20.8 Å². The van der Waals surface area contributed by atoms with Gasteiger partial charge >= 0.3 is 11.8 Å². The Morgan fingerprint density at radius 1 is 1.00 bits per heavy atom. The molecule has 1 aliphatic rings. The fraction of sp³-hybridized carbons (Fsp3) is 0.625. The summed E-state index contributed by atoms with van der Waals surface area (Å²) in [5.41, 5.74) is 0.611. The van der Waals surface area contributed by atoms with E-state index in [0.717, 1.165) is 4.90 Å². The molecule has 1 saturated heterocycles. The number of aromatic nitrogens is 7. The Bertz CT molecular complexity index is 1050. The third-order valence-corrected chi connectivity index (χ3v) is 4.59. The van der Waals surface area contributed by atoms with Crippen LogP contribution in [0, 0.1) is 6.92 Å². The zero-order chi connectivity index (χ0) is 21.2. The van der Waals surface area contributed by atoms with Crippen LogP contribution in [-0.2, 0) is 12.0 Å². The molecule has 13 heteroatoms. The molecule has 0 radical (unpaired) electrons. The number of nitrogens with zero attached hydrogens (tertiary/aromatic N) is 8. The summed E-state index contributed by atoms with van der Waals surface area (Å²) in [6.45, 7) is 4.89. The minimum atomic E-state index is -4.17. The van der Waals surface area contributed by atoms with Crippen LogP contribution in [0.4, 0.5) is 23.4 Å². The molecule has 0 spiro atoms. The summed E-state index contributed by atoms with van der Waals surface area (Å²) in [5, 5.41) is 15.9. The van der Waals surface area contributed by atoms with Crippen LogP contribution in [0.3, 0.4) is 0 Å². The Balaban J connectivity index is 1.82. The lowest BCUT2D eigenvalue weighted by atomic mass is 9.96. The molecule has 0 bridgehead atoms. The van der Waals surface area contributed by atoms with Gasteiger partial charge in [-0.2, -0.15) is 22.4 Å². The van der Waals surface area contributed by atoms with Gasteiger partial charge in [-0.1, -0.05) is 31.1 Å². The van der Waals surface area contributed by atoms with Crippen LogP contribution >= 0.6 is 0 Å². The smallest absolute Gasteiger partial charge is 0.329 e. The molecule has 0 unspecified atom stereocenters. The normalized spacial score (nSPS) is 18.7. The van der Waals surface area contributed by atoms with E-state index in [-0.39, 0.29) is 29.4 Å². The van der Waals surface area contributed by atoms with Crippen molar-refractivity contribution in [2.24, 2.45) is 0 Å². The summed E-state index contributed by atoms with van der Waals surface area (Å²) in [7, 11) is 0. The lowest BCUT2D eigenvalue weighted by molar-refractivity contribution is -0.172. The summed E-state index contributed by atoms with van der Waals surface area (Å²) < 4.78 is 59.8. The van der Waals surface area contributed by atoms with E-state index in [9.17, 15) is 17.6 Å². The van der Waals surface area contributed by atoms with Crippen molar-refractivity contribution < 1.29 is 22.2 Å². The number of halogens is 4. The Morgan fingerprint density at radius 2 is 1.66 bits per heavy atom. The first-order chi connectivity index (χ1) is 13.4. The van der Waals surface area contributed by atoms with Crippen molar-refractivity contribution in [3.8, 4) is 0 Å². The predicted octanol–water partition coefficient (Wildman–Crippen LogP) is 2.35. The van der Waals surface area contributed by atoms with Crippen molar-refractivity contribution >= 4 is 17.0 Å². The van der Waals surface area contributed by atoms with Crippen molar-refractivity contribution in [1.29, 1.82) is 0 Å². The second-order valence-corrected chi connectivity index (χ2v) is 8.08. The molecule has 4 heterocycles. The second kappa shape index (κ2) is 6.07. The van der Waals surface area contributed by atoms with Crippen LogP contribution in [0.1, 0.15) is 38.0 Å². The molecule has 0 atom stereocenters. The first kappa shape index (κ1) is 19.5. The van der Waals surface area contributed by atoms with Crippen LogP contribution in [0.2, 0.25) is 0 Å². The molecule has 3 aromatic heterocycles. The molecule has 4 rings (SSSR count). The average molecular weight is 414 g/mol.